The fourth-order valence-corrected chi connectivity index (χ4v) is 3.44. The summed E-state index contributed by atoms with van der Waals surface area (Å²) in [5, 5.41) is 19.2. The van der Waals surface area contributed by atoms with Crippen molar-refractivity contribution >= 4 is 17.9 Å². The minimum atomic E-state index is -1.80. The van der Waals surface area contributed by atoms with E-state index in [1.54, 1.807) is 24.3 Å². The Morgan fingerprint density at radius 3 is 1.90 bits per heavy atom. The van der Waals surface area contributed by atoms with Crippen molar-refractivity contribution in [1.82, 2.24) is 0 Å². The van der Waals surface area contributed by atoms with Gasteiger partial charge in [-0.05, 0) is 5.56 Å². The zero-order valence-corrected chi connectivity index (χ0v) is 17.2. The summed E-state index contributed by atoms with van der Waals surface area (Å²) in [6, 6.07) is 6.38. The number of carbonyl (C=O) groups excluding carboxylic acids is 3. The fourth-order valence-electron chi connectivity index (χ4n) is 3.44. The van der Waals surface area contributed by atoms with Gasteiger partial charge < -0.3 is 33.9 Å². The average Bonchev–Trinajstić information content (AvgIpc) is 2.70. The second-order valence-corrected chi connectivity index (χ2v) is 6.74. The predicted octanol–water partition coefficient (Wildman–Crippen LogP) is 0.164. The van der Waals surface area contributed by atoms with Crippen LogP contribution in [0.15, 0.2) is 24.3 Å². The van der Waals surface area contributed by atoms with E-state index in [-0.39, 0.29) is 6.61 Å². The molecular formula is C20H26O10. The normalized spacial score (nSPS) is 28.5. The zero-order valence-electron chi connectivity index (χ0n) is 17.2. The first-order valence-corrected chi connectivity index (χ1v) is 9.24. The van der Waals surface area contributed by atoms with E-state index in [4.69, 9.17) is 23.7 Å². The summed E-state index contributed by atoms with van der Waals surface area (Å²) < 4.78 is 27.7. The van der Waals surface area contributed by atoms with Gasteiger partial charge in [-0.3, -0.25) is 14.4 Å². The van der Waals surface area contributed by atoms with Gasteiger partial charge in [0.2, 0.25) is 11.9 Å². The quantitative estimate of drug-likeness (QED) is 0.458. The first-order chi connectivity index (χ1) is 14.2. The molecule has 166 valence electrons. The molecule has 10 heteroatoms. The van der Waals surface area contributed by atoms with Crippen LogP contribution in [0, 0.1) is 0 Å². The molecule has 0 radical (unpaired) electrons. The van der Waals surface area contributed by atoms with E-state index < -0.39 is 54.7 Å². The maximum absolute atomic E-state index is 11.9. The minimum Gasteiger partial charge on any atom is -0.456 e. The van der Waals surface area contributed by atoms with Gasteiger partial charge in [-0.1, -0.05) is 24.3 Å². The molecule has 1 aromatic carbocycles. The van der Waals surface area contributed by atoms with E-state index >= 15 is 0 Å². The summed E-state index contributed by atoms with van der Waals surface area (Å²) in [7, 11) is 1.29. The first-order valence-electron chi connectivity index (χ1n) is 9.24. The van der Waals surface area contributed by atoms with Gasteiger partial charge in [0.25, 0.3) is 0 Å². The molecule has 30 heavy (non-hydrogen) atoms. The Labute approximate surface area is 173 Å². The van der Waals surface area contributed by atoms with E-state index in [9.17, 15) is 24.6 Å². The summed E-state index contributed by atoms with van der Waals surface area (Å²) in [5.41, 5.74) is 0.975. The van der Waals surface area contributed by atoms with Crippen LogP contribution in [0.5, 0.6) is 0 Å². The summed E-state index contributed by atoms with van der Waals surface area (Å²) in [4.78, 5) is 35.4. The molecule has 0 spiro atoms. The Hall–Kier alpha value is -2.53. The number of methoxy groups -OCH3 is 1. The summed E-state index contributed by atoms with van der Waals surface area (Å²) in [6.45, 7) is 2.63. The average molecular weight is 426 g/mol. The number of ether oxygens (including phenoxy) is 5. The molecule has 1 aliphatic rings. The smallest absolute Gasteiger partial charge is 0.303 e. The maximum Gasteiger partial charge on any atom is 0.303 e. The number of hydrogen-bond acceptors (Lipinski definition) is 10. The van der Waals surface area contributed by atoms with Crippen LogP contribution in [0.1, 0.15) is 31.9 Å². The lowest BCUT2D eigenvalue weighted by atomic mass is 9.87. The van der Waals surface area contributed by atoms with E-state index in [0.29, 0.717) is 11.1 Å². The van der Waals surface area contributed by atoms with Crippen molar-refractivity contribution in [2.24, 2.45) is 0 Å². The third-order valence-corrected chi connectivity index (χ3v) is 4.61. The van der Waals surface area contributed by atoms with Crippen LogP contribution >= 0.6 is 0 Å². The van der Waals surface area contributed by atoms with Gasteiger partial charge in [0.1, 0.15) is 6.10 Å². The number of rotatable bonds is 7. The molecule has 0 unspecified atom stereocenters. The van der Waals surface area contributed by atoms with Crippen molar-refractivity contribution in [3.8, 4) is 0 Å². The van der Waals surface area contributed by atoms with Crippen molar-refractivity contribution in [1.29, 1.82) is 0 Å². The molecule has 0 amide bonds. The standard InChI is InChI=1S/C20H26O10/c1-11(23)27-17-16(10-22)30-20(26-4,15-7-5-14(9-21)6-8-15)19(29-13(3)25)18(17)28-12(2)24/h5-8,16-19,21-22H,9-10H2,1-4H3/t16-,17-,18+,19-,20-/m1/s1. The van der Waals surface area contributed by atoms with Gasteiger partial charge in [0, 0.05) is 33.4 Å². The van der Waals surface area contributed by atoms with Crippen LogP contribution in [-0.4, -0.2) is 66.3 Å². The highest BCUT2D eigenvalue weighted by Crippen LogP contribution is 2.43. The predicted molar refractivity (Wildman–Crippen MR) is 99.7 cm³/mol. The number of aliphatic hydroxyl groups excluding tert-OH is 2. The Morgan fingerprint density at radius 1 is 0.933 bits per heavy atom. The highest BCUT2D eigenvalue weighted by molar-refractivity contribution is 5.68. The highest BCUT2D eigenvalue weighted by atomic mass is 16.7. The number of aliphatic hydroxyl groups is 2. The van der Waals surface area contributed by atoms with E-state index in [1.807, 2.05) is 0 Å². The van der Waals surface area contributed by atoms with Crippen LogP contribution in [0.4, 0.5) is 0 Å². The highest BCUT2D eigenvalue weighted by Gasteiger charge is 2.61. The topological polar surface area (TPSA) is 138 Å². The summed E-state index contributed by atoms with van der Waals surface area (Å²) in [5.74, 6) is -3.96. The van der Waals surface area contributed by atoms with E-state index in [1.165, 1.54) is 7.11 Å². The molecule has 0 aromatic heterocycles. The van der Waals surface area contributed by atoms with Crippen molar-refractivity contribution in [2.75, 3.05) is 13.7 Å². The molecular weight excluding hydrogens is 400 g/mol. The Kier molecular flexibility index (Phi) is 7.90. The van der Waals surface area contributed by atoms with Gasteiger partial charge in [-0.25, -0.2) is 0 Å². The van der Waals surface area contributed by atoms with Gasteiger partial charge in [0.05, 0.1) is 13.2 Å². The summed E-state index contributed by atoms with van der Waals surface area (Å²) in [6.07, 6.45) is -5.14. The van der Waals surface area contributed by atoms with Crippen LogP contribution in [-0.2, 0) is 50.5 Å². The Morgan fingerprint density at radius 2 is 1.47 bits per heavy atom. The van der Waals surface area contributed by atoms with Crippen LogP contribution in [0.25, 0.3) is 0 Å². The monoisotopic (exact) mass is 426 g/mol. The zero-order chi connectivity index (χ0) is 22.5. The number of carbonyl (C=O) groups is 3. The van der Waals surface area contributed by atoms with Crippen molar-refractivity contribution < 1.29 is 48.3 Å². The molecule has 10 nitrogen and oxygen atoms in total. The first kappa shape index (κ1) is 23.7. The van der Waals surface area contributed by atoms with Gasteiger partial charge in [-0.2, -0.15) is 0 Å². The molecule has 0 aliphatic carbocycles. The second kappa shape index (κ2) is 9.98. The molecule has 1 fully saturated rings. The second-order valence-electron chi connectivity index (χ2n) is 6.74. The SMILES string of the molecule is CO[C@]1(c2ccc(CO)cc2)O[C@H](CO)[C@@H](OC(C)=O)[C@H](OC(C)=O)[C@H]1OC(C)=O. The number of benzene rings is 1. The minimum absolute atomic E-state index is 0.196. The van der Waals surface area contributed by atoms with Crippen LogP contribution in [0.3, 0.4) is 0 Å². The lowest BCUT2D eigenvalue weighted by Crippen LogP contribution is -2.67. The lowest BCUT2D eigenvalue weighted by Gasteiger charge is -2.50. The number of esters is 3. The molecule has 0 bridgehead atoms. The third kappa shape index (κ3) is 4.96. The summed E-state index contributed by atoms with van der Waals surface area (Å²) >= 11 is 0. The Balaban J connectivity index is 2.66. The molecule has 1 saturated heterocycles. The third-order valence-electron chi connectivity index (χ3n) is 4.61. The van der Waals surface area contributed by atoms with Crippen molar-refractivity contribution in [3.63, 3.8) is 0 Å². The fraction of sp³-hybridized carbons (Fsp3) is 0.550. The largest absolute Gasteiger partial charge is 0.456 e. The van der Waals surface area contributed by atoms with Crippen molar-refractivity contribution in [3.05, 3.63) is 35.4 Å². The molecule has 2 N–H and O–H groups in total. The molecule has 5 atom stereocenters. The molecule has 1 aliphatic heterocycles. The van der Waals surface area contributed by atoms with Crippen molar-refractivity contribution in [2.45, 2.75) is 57.6 Å². The molecule has 1 aromatic rings. The van der Waals surface area contributed by atoms with Gasteiger partial charge in [-0.15, -0.1) is 0 Å². The van der Waals surface area contributed by atoms with E-state index in [2.05, 4.69) is 0 Å². The van der Waals surface area contributed by atoms with E-state index in [0.717, 1.165) is 20.8 Å². The van der Waals surface area contributed by atoms with Crippen LogP contribution < -0.4 is 0 Å². The molecule has 0 saturated carbocycles. The lowest BCUT2D eigenvalue weighted by molar-refractivity contribution is -0.367. The van der Waals surface area contributed by atoms with Gasteiger partial charge in [0.15, 0.2) is 12.2 Å². The molecule has 2 rings (SSSR count). The number of hydrogen-bond donors (Lipinski definition) is 2. The van der Waals surface area contributed by atoms with Gasteiger partial charge >= 0.3 is 17.9 Å². The maximum atomic E-state index is 11.9. The molecule has 1 heterocycles. The van der Waals surface area contributed by atoms with Crippen LogP contribution in [0.2, 0.25) is 0 Å². The Bertz CT molecular complexity index is 761.